The average molecular weight is 577 g/mol. The summed E-state index contributed by atoms with van der Waals surface area (Å²) in [6.07, 6.45) is 22.6. The molecule has 0 spiro atoms. The number of ether oxygens (including phenoxy) is 2. The Hall–Kier alpha value is -1.30. The highest BCUT2D eigenvalue weighted by Gasteiger charge is 2.15. The highest BCUT2D eigenvalue weighted by molar-refractivity contribution is 5.30. The maximum Gasteiger partial charge on any atom is 0.201 e. The summed E-state index contributed by atoms with van der Waals surface area (Å²) in [5.41, 5.74) is 0. The highest BCUT2D eigenvalue weighted by atomic mass is 16.7. The first-order chi connectivity index (χ1) is 20.1. The fraction of sp³-hybridized carbons (Fsp3) is 0.833. The van der Waals surface area contributed by atoms with Gasteiger partial charge in [0, 0.05) is 19.5 Å². The van der Waals surface area contributed by atoms with Gasteiger partial charge >= 0.3 is 0 Å². The van der Waals surface area contributed by atoms with Crippen molar-refractivity contribution in [1.29, 1.82) is 0 Å². The maximum atomic E-state index is 9.72. The molecule has 0 saturated carbocycles. The number of phenols is 1. The summed E-state index contributed by atoms with van der Waals surface area (Å²) in [6.45, 7) is 16.7. The van der Waals surface area contributed by atoms with E-state index in [1.54, 1.807) is 12.1 Å². The summed E-state index contributed by atoms with van der Waals surface area (Å²) in [5.74, 6) is 1.02. The van der Waals surface area contributed by atoms with Gasteiger partial charge in [0.15, 0.2) is 0 Å². The first kappa shape index (κ1) is 37.7. The number of hydrogen-bond donors (Lipinski definition) is 1. The van der Waals surface area contributed by atoms with Crippen LogP contribution in [0.1, 0.15) is 143 Å². The molecule has 0 aromatic heterocycles. The SMILES string of the molecule is CCCCCCN(CCCCCC)CCCOC(CCN(CCCCCC)CCCCCC)Oc1ccc(O)cc1. The van der Waals surface area contributed by atoms with E-state index < -0.39 is 0 Å². The minimum Gasteiger partial charge on any atom is -0.508 e. The smallest absolute Gasteiger partial charge is 0.201 e. The Balaban J connectivity index is 2.66. The van der Waals surface area contributed by atoms with E-state index >= 15 is 0 Å². The number of aromatic hydroxyl groups is 1. The molecular formula is C36H68N2O3. The Morgan fingerprint density at radius 3 is 1.39 bits per heavy atom. The molecule has 0 aliphatic heterocycles. The van der Waals surface area contributed by atoms with Crippen molar-refractivity contribution in [3.63, 3.8) is 0 Å². The number of benzene rings is 1. The van der Waals surface area contributed by atoms with E-state index in [1.807, 2.05) is 12.1 Å². The molecule has 240 valence electrons. The van der Waals surface area contributed by atoms with E-state index in [0.29, 0.717) is 0 Å². The summed E-state index contributed by atoms with van der Waals surface area (Å²) < 4.78 is 12.7. The minimum absolute atomic E-state index is 0.262. The lowest BCUT2D eigenvalue weighted by Crippen LogP contribution is -2.33. The topological polar surface area (TPSA) is 45.2 Å². The Kier molecular flexibility index (Phi) is 25.3. The van der Waals surface area contributed by atoms with Gasteiger partial charge in [-0.2, -0.15) is 0 Å². The molecule has 0 fully saturated rings. The Morgan fingerprint density at radius 2 is 0.951 bits per heavy atom. The fourth-order valence-electron chi connectivity index (χ4n) is 5.36. The average Bonchev–Trinajstić information content (AvgIpc) is 2.98. The molecule has 0 heterocycles. The fourth-order valence-corrected chi connectivity index (χ4v) is 5.36. The third kappa shape index (κ3) is 22.0. The molecule has 0 saturated heterocycles. The standard InChI is InChI=1S/C36H68N2O3/c1-5-9-13-17-27-37(28-18-14-10-6-2)31-21-33-40-36(41-35-24-22-34(39)23-25-35)26-32-38(29-19-15-11-7-3)30-20-16-12-8-4/h22-25,36,39H,5-21,26-33H2,1-4H3. The van der Waals surface area contributed by atoms with Crippen LogP contribution in [-0.2, 0) is 4.74 Å². The zero-order valence-electron chi connectivity index (χ0n) is 27.7. The predicted molar refractivity (Wildman–Crippen MR) is 177 cm³/mol. The third-order valence-electron chi connectivity index (χ3n) is 8.02. The van der Waals surface area contributed by atoms with Gasteiger partial charge < -0.3 is 24.4 Å². The molecule has 0 radical (unpaired) electrons. The van der Waals surface area contributed by atoms with Crippen molar-refractivity contribution < 1.29 is 14.6 Å². The largest absolute Gasteiger partial charge is 0.508 e. The number of rotatable bonds is 30. The summed E-state index contributed by atoms with van der Waals surface area (Å²) in [6, 6.07) is 7.06. The van der Waals surface area contributed by atoms with Crippen molar-refractivity contribution in [2.24, 2.45) is 0 Å². The first-order valence-corrected chi connectivity index (χ1v) is 17.6. The van der Waals surface area contributed by atoms with Crippen LogP contribution < -0.4 is 4.74 Å². The summed E-state index contributed by atoms with van der Waals surface area (Å²) in [7, 11) is 0. The van der Waals surface area contributed by atoms with Crippen molar-refractivity contribution in [3.05, 3.63) is 24.3 Å². The molecule has 0 aliphatic rings. The van der Waals surface area contributed by atoms with E-state index in [1.165, 1.54) is 129 Å². The number of unbranched alkanes of at least 4 members (excludes halogenated alkanes) is 12. The lowest BCUT2D eigenvalue weighted by molar-refractivity contribution is -0.0897. The zero-order chi connectivity index (χ0) is 29.8. The lowest BCUT2D eigenvalue weighted by atomic mass is 10.1. The van der Waals surface area contributed by atoms with Gasteiger partial charge in [0.1, 0.15) is 11.5 Å². The van der Waals surface area contributed by atoms with Gasteiger partial charge in [0.05, 0.1) is 6.61 Å². The van der Waals surface area contributed by atoms with Crippen molar-refractivity contribution >= 4 is 0 Å². The Labute approximate surface area is 255 Å². The lowest BCUT2D eigenvalue weighted by Gasteiger charge is -2.27. The number of phenolic OH excluding ortho intramolecular Hbond substituents is 1. The van der Waals surface area contributed by atoms with Crippen molar-refractivity contribution in [3.8, 4) is 11.5 Å². The second kappa shape index (κ2) is 27.5. The molecule has 1 rings (SSSR count). The molecule has 0 aliphatic carbocycles. The van der Waals surface area contributed by atoms with Crippen LogP contribution >= 0.6 is 0 Å². The van der Waals surface area contributed by atoms with Crippen LogP contribution in [0.5, 0.6) is 11.5 Å². The van der Waals surface area contributed by atoms with Crippen LogP contribution in [0.15, 0.2) is 24.3 Å². The van der Waals surface area contributed by atoms with Gasteiger partial charge in [0.25, 0.3) is 0 Å². The van der Waals surface area contributed by atoms with E-state index in [2.05, 4.69) is 37.5 Å². The molecule has 0 amide bonds. The Bertz CT molecular complexity index is 645. The monoisotopic (exact) mass is 577 g/mol. The van der Waals surface area contributed by atoms with Crippen LogP contribution in [0, 0.1) is 0 Å². The molecular weight excluding hydrogens is 508 g/mol. The van der Waals surface area contributed by atoms with E-state index in [9.17, 15) is 5.11 Å². The zero-order valence-corrected chi connectivity index (χ0v) is 27.7. The van der Waals surface area contributed by atoms with Gasteiger partial charge in [-0.15, -0.1) is 0 Å². The first-order valence-electron chi connectivity index (χ1n) is 17.6. The van der Waals surface area contributed by atoms with Gasteiger partial charge in [-0.05, 0) is 82.5 Å². The van der Waals surface area contributed by atoms with E-state index in [4.69, 9.17) is 9.47 Å². The molecule has 1 unspecified atom stereocenters. The van der Waals surface area contributed by atoms with Crippen LogP contribution in [0.2, 0.25) is 0 Å². The molecule has 1 N–H and O–H groups in total. The normalized spacial score (nSPS) is 12.4. The summed E-state index contributed by atoms with van der Waals surface area (Å²) in [4.78, 5) is 5.30. The molecule has 0 bridgehead atoms. The summed E-state index contributed by atoms with van der Waals surface area (Å²) in [5, 5.41) is 9.72. The molecule has 1 aromatic rings. The van der Waals surface area contributed by atoms with Crippen molar-refractivity contribution in [1.82, 2.24) is 9.80 Å². The van der Waals surface area contributed by atoms with Crippen molar-refractivity contribution in [2.75, 3.05) is 45.9 Å². The molecule has 5 nitrogen and oxygen atoms in total. The second-order valence-electron chi connectivity index (χ2n) is 12.0. The van der Waals surface area contributed by atoms with Gasteiger partial charge in [0.2, 0.25) is 6.29 Å². The number of nitrogens with zero attached hydrogens (tertiary/aromatic N) is 2. The van der Waals surface area contributed by atoms with Gasteiger partial charge in [-0.25, -0.2) is 0 Å². The predicted octanol–water partition coefficient (Wildman–Crippen LogP) is 9.82. The molecule has 1 atom stereocenters. The third-order valence-corrected chi connectivity index (χ3v) is 8.02. The van der Waals surface area contributed by atoms with Crippen LogP contribution in [-0.4, -0.2) is 67.1 Å². The minimum atomic E-state index is -0.268. The van der Waals surface area contributed by atoms with E-state index in [0.717, 1.165) is 38.3 Å². The quantitative estimate of drug-likeness (QED) is 0.0729. The maximum absolute atomic E-state index is 9.72. The van der Waals surface area contributed by atoms with Crippen LogP contribution in [0.3, 0.4) is 0 Å². The van der Waals surface area contributed by atoms with Gasteiger partial charge in [-0.3, -0.25) is 0 Å². The summed E-state index contributed by atoms with van der Waals surface area (Å²) >= 11 is 0. The molecule has 41 heavy (non-hydrogen) atoms. The molecule has 5 heteroatoms. The second-order valence-corrected chi connectivity index (χ2v) is 12.0. The van der Waals surface area contributed by atoms with Gasteiger partial charge in [-0.1, -0.05) is 105 Å². The molecule has 1 aromatic carbocycles. The van der Waals surface area contributed by atoms with Crippen LogP contribution in [0.25, 0.3) is 0 Å². The van der Waals surface area contributed by atoms with Crippen LogP contribution in [0.4, 0.5) is 0 Å². The van der Waals surface area contributed by atoms with E-state index in [-0.39, 0.29) is 12.0 Å². The highest BCUT2D eigenvalue weighted by Crippen LogP contribution is 2.19. The Morgan fingerprint density at radius 1 is 0.537 bits per heavy atom. The number of hydrogen-bond acceptors (Lipinski definition) is 5. The van der Waals surface area contributed by atoms with Crippen molar-refractivity contribution in [2.45, 2.75) is 150 Å².